The van der Waals surface area contributed by atoms with E-state index in [2.05, 4.69) is 25.2 Å². The van der Waals surface area contributed by atoms with E-state index in [0.29, 0.717) is 18.4 Å². The Balaban J connectivity index is 2.34. The van der Waals surface area contributed by atoms with Gasteiger partial charge in [0.2, 0.25) is 0 Å². The molecule has 1 atom stereocenters. The minimum atomic E-state index is -0.556. The van der Waals surface area contributed by atoms with Crippen molar-refractivity contribution < 1.29 is 5.11 Å². The van der Waals surface area contributed by atoms with Gasteiger partial charge in [0, 0.05) is 12.6 Å². The minimum absolute atomic E-state index is 0.170. The molecule has 3 heteroatoms. The predicted octanol–water partition coefficient (Wildman–Crippen LogP) is 2.21. The van der Waals surface area contributed by atoms with E-state index in [1.54, 1.807) is 0 Å². The first-order valence-corrected chi connectivity index (χ1v) is 6.20. The number of rotatable bonds is 4. The maximum atomic E-state index is 10.4. The summed E-state index contributed by atoms with van der Waals surface area (Å²) in [6.07, 6.45) is 4.40. The molecule has 0 saturated heterocycles. The molecule has 0 aliphatic heterocycles. The summed E-state index contributed by atoms with van der Waals surface area (Å²) in [7, 11) is 0. The van der Waals surface area contributed by atoms with Gasteiger partial charge < -0.3 is 10.4 Å². The summed E-state index contributed by atoms with van der Waals surface area (Å²) in [6, 6.07) is 2.31. The zero-order valence-corrected chi connectivity index (χ0v) is 10.7. The van der Waals surface area contributed by atoms with Gasteiger partial charge in [-0.05, 0) is 38.0 Å². The first-order valence-electron chi connectivity index (χ1n) is 6.20. The number of hydrogen-bond donors (Lipinski definition) is 2. The standard InChI is InChI=1S/C13H24N2O/c1-11(4-9-14)15-10-13(16)7-5-12(2,3)6-8-13/h11,15-16H,4-8,10H2,1-3H3. The third-order valence-corrected chi connectivity index (χ3v) is 3.71. The average Bonchev–Trinajstić information content (AvgIpc) is 2.21. The van der Waals surface area contributed by atoms with Crippen LogP contribution in [0.3, 0.4) is 0 Å². The Morgan fingerprint density at radius 2 is 1.88 bits per heavy atom. The van der Waals surface area contributed by atoms with Crippen molar-refractivity contribution in [2.24, 2.45) is 5.41 Å². The van der Waals surface area contributed by atoms with Crippen LogP contribution in [0.2, 0.25) is 0 Å². The molecule has 1 aliphatic rings. The second-order valence-electron chi connectivity index (χ2n) is 6.03. The molecule has 0 amide bonds. The van der Waals surface area contributed by atoms with E-state index in [0.717, 1.165) is 25.7 Å². The smallest absolute Gasteiger partial charge is 0.0772 e. The summed E-state index contributed by atoms with van der Waals surface area (Å²) in [5, 5.41) is 22.2. The molecule has 16 heavy (non-hydrogen) atoms. The Hall–Kier alpha value is -0.590. The van der Waals surface area contributed by atoms with E-state index in [9.17, 15) is 5.11 Å². The zero-order chi connectivity index (χ0) is 12.2. The summed E-state index contributed by atoms with van der Waals surface area (Å²) in [5.74, 6) is 0. The first kappa shape index (κ1) is 13.5. The number of nitriles is 1. The Morgan fingerprint density at radius 3 is 2.38 bits per heavy atom. The van der Waals surface area contributed by atoms with Crippen LogP contribution in [-0.2, 0) is 0 Å². The van der Waals surface area contributed by atoms with Crippen LogP contribution in [0.1, 0.15) is 52.9 Å². The monoisotopic (exact) mass is 224 g/mol. The van der Waals surface area contributed by atoms with Crippen LogP contribution >= 0.6 is 0 Å². The van der Waals surface area contributed by atoms with E-state index < -0.39 is 5.60 Å². The molecule has 0 heterocycles. The molecule has 1 rings (SSSR count). The Morgan fingerprint density at radius 1 is 1.31 bits per heavy atom. The van der Waals surface area contributed by atoms with Gasteiger partial charge in [0.1, 0.15) is 0 Å². The van der Waals surface area contributed by atoms with Gasteiger partial charge >= 0.3 is 0 Å². The Kier molecular flexibility index (Phi) is 4.35. The summed E-state index contributed by atoms with van der Waals surface area (Å²) < 4.78 is 0. The van der Waals surface area contributed by atoms with Crippen molar-refractivity contribution in [2.45, 2.75) is 64.5 Å². The SMILES string of the molecule is CC(CC#N)NCC1(O)CCC(C)(C)CC1. The lowest BCUT2D eigenvalue weighted by molar-refractivity contribution is -0.0256. The molecule has 1 aliphatic carbocycles. The van der Waals surface area contributed by atoms with Crippen LogP contribution in [-0.4, -0.2) is 23.3 Å². The molecule has 0 aromatic carbocycles. The quantitative estimate of drug-likeness (QED) is 0.769. The van der Waals surface area contributed by atoms with Gasteiger partial charge in [0.15, 0.2) is 0 Å². The van der Waals surface area contributed by atoms with Crippen LogP contribution < -0.4 is 5.32 Å². The van der Waals surface area contributed by atoms with Crippen molar-refractivity contribution in [3.8, 4) is 6.07 Å². The number of nitrogens with one attached hydrogen (secondary N) is 1. The van der Waals surface area contributed by atoms with Crippen molar-refractivity contribution in [2.75, 3.05) is 6.54 Å². The van der Waals surface area contributed by atoms with Gasteiger partial charge in [-0.2, -0.15) is 5.26 Å². The highest BCUT2D eigenvalue weighted by Gasteiger charge is 2.36. The summed E-state index contributed by atoms with van der Waals surface area (Å²) >= 11 is 0. The van der Waals surface area contributed by atoms with Crippen LogP contribution in [0.15, 0.2) is 0 Å². The molecule has 0 aromatic heterocycles. The second-order valence-corrected chi connectivity index (χ2v) is 6.03. The van der Waals surface area contributed by atoms with Crippen molar-refractivity contribution in [1.82, 2.24) is 5.32 Å². The predicted molar refractivity (Wildman–Crippen MR) is 64.9 cm³/mol. The van der Waals surface area contributed by atoms with E-state index in [-0.39, 0.29) is 6.04 Å². The van der Waals surface area contributed by atoms with Gasteiger partial charge in [0.25, 0.3) is 0 Å². The lowest BCUT2D eigenvalue weighted by Crippen LogP contribution is -2.47. The zero-order valence-electron chi connectivity index (χ0n) is 10.7. The van der Waals surface area contributed by atoms with Gasteiger partial charge in [-0.1, -0.05) is 13.8 Å². The van der Waals surface area contributed by atoms with Crippen molar-refractivity contribution in [3.63, 3.8) is 0 Å². The van der Waals surface area contributed by atoms with Gasteiger partial charge in [-0.3, -0.25) is 0 Å². The molecule has 3 nitrogen and oxygen atoms in total. The maximum absolute atomic E-state index is 10.4. The van der Waals surface area contributed by atoms with Gasteiger partial charge in [-0.15, -0.1) is 0 Å². The maximum Gasteiger partial charge on any atom is 0.0772 e. The summed E-state index contributed by atoms with van der Waals surface area (Å²) in [4.78, 5) is 0. The van der Waals surface area contributed by atoms with Crippen molar-refractivity contribution >= 4 is 0 Å². The van der Waals surface area contributed by atoms with E-state index in [1.807, 2.05) is 6.92 Å². The van der Waals surface area contributed by atoms with E-state index in [1.165, 1.54) is 0 Å². The molecule has 2 N–H and O–H groups in total. The normalized spacial score (nSPS) is 24.7. The van der Waals surface area contributed by atoms with Gasteiger partial charge in [0.05, 0.1) is 18.1 Å². The summed E-state index contributed by atoms with van der Waals surface area (Å²) in [6.45, 7) is 7.13. The highest BCUT2D eigenvalue weighted by molar-refractivity contribution is 4.91. The molecular formula is C13H24N2O. The molecule has 92 valence electrons. The fraction of sp³-hybridized carbons (Fsp3) is 0.923. The fourth-order valence-electron chi connectivity index (χ4n) is 2.14. The first-order chi connectivity index (χ1) is 7.37. The molecule has 0 radical (unpaired) electrons. The molecular weight excluding hydrogens is 200 g/mol. The minimum Gasteiger partial charge on any atom is -0.389 e. The summed E-state index contributed by atoms with van der Waals surface area (Å²) in [5.41, 5.74) is -0.177. The number of aliphatic hydroxyl groups is 1. The van der Waals surface area contributed by atoms with Crippen LogP contribution in [0.25, 0.3) is 0 Å². The van der Waals surface area contributed by atoms with Crippen LogP contribution in [0, 0.1) is 16.7 Å². The average molecular weight is 224 g/mol. The number of hydrogen-bond acceptors (Lipinski definition) is 3. The lowest BCUT2D eigenvalue weighted by Gasteiger charge is -2.40. The molecule has 0 bridgehead atoms. The lowest BCUT2D eigenvalue weighted by atomic mass is 9.71. The third kappa shape index (κ3) is 4.11. The Bertz CT molecular complexity index is 258. The van der Waals surface area contributed by atoms with Crippen LogP contribution in [0.4, 0.5) is 0 Å². The van der Waals surface area contributed by atoms with Gasteiger partial charge in [-0.25, -0.2) is 0 Å². The number of nitrogens with zero attached hydrogens (tertiary/aromatic N) is 1. The van der Waals surface area contributed by atoms with E-state index in [4.69, 9.17) is 5.26 Å². The molecule has 0 spiro atoms. The highest BCUT2D eigenvalue weighted by atomic mass is 16.3. The Labute approximate surface area is 98.8 Å². The molecule has 1 saturated carbocycles. The molecule has 1 unspecified atom stereocenters. The van der Waals surface area contributed by atoms with Crippen molar-refractivity contribution in [1.29, 1.82) is 5.26 Å². The highest BCUT2D eigenvalue weighted by Crippen LogP contribution is 2.39. The fourth-order valence-corrected chi connectivity index (χ4v) is 2.14. The second kappa shape index (κ2) is 5.16. The molecule has 1 fully saturated rings. The topological polar surface area (TPSA) is 56.0 Å². The van der Waals surface area contributed by atoms with E-state index >= 15 is 0 Å². The molecule has 0 aromatic rings. The largest absolute Gasteiger partial charge is 0.389 e. The van der Waals surface area contributed by atoms with Crippen LogP contribution in [0.5, 0.6) is 0 Å². The van der Waals surface area contributed by atoms with Crippen molar-refractivity contribution in [3.05, 3.63) is 0 Å². The third-order valence-electron chi connectivity index (χ3n) is 3.71.